The van der Waals surface area contributed by atoms with Crippen LogP contribution < -0.4 is 26.0 Å². The highest BCUT2D eigenvalue weighted by molar-refractivity contribution is 7.85. The number of carbonyl (C=O) groups excluding carboxylic acids is 2. The molecule has 2 heterocycles. The van der Waals surface area contributed by atoms with E-state index in [2.05, 4.69) is 49.9 Å². The summed E-state index contributed by atoms with van der Waals surface area (Å²) in [6.07, 6.45) is 0.864. The lowest BCUT2D eigenvalue weighted by Gasteiger charge is -2.33. The van der Waals surface area contributed by atoms with E-state index in [1.807, 2.05) is 72.8 Å². The lowest BCUT2D eigenvalue weighted by Crippen LogP contribution is -2.31. The Morgan fingerprint density at radius 1 is 0.592 bits per heavy atom. The van der Waals surface area contributed by atoms with Crippen molar-refractivity contribution in [3.63, 3.8) is 0 Å². The van der Waals surface area contributed by atoms with E-state index in [1.54, 1.807) is 24.3 Å². The Bertz CT molecular complexity index is 2730. The molecule has 3 unspecified atom stereocenters. The molecule has 2 aliphatic rings. The smallest absolute Gasteiger partial charge is 0.319 e. The minimum atomic E-state index is -1.39. The third-order valence-electron chi connectivity index (χ3n) is 12.9. The second-order valence-corrected chi connectivity index (χ2v) is 23.0. The SMILES string of the molecule is CN1Cc2c(Cl)cc(Cl)cc2C(c2ccc(S(=O)CNCCOCCOCCNC(=O)Nc3ccc(CCC(=O)NCCOCCOCCN[S@@](=O)c4ccc(C5CN(C)Cc6c(Cl)cc(Cl)cc65)cc4)cc3)cc2)C1. The summed E-state index contributed by atoms with van der Waals surface area (Å²) < 4.78 is 51.2. The van der Waals surface area contributed by atoms with Crippen LogP contribution in [-0.4, -0.2) is 142 Å². The topological polar surface area (TPSA) is 172 Å². The van der Waals surface area contributed by atoms with Crippen molar-refractivity contribution < 1.29 is 37.0 Å². The molecule has 76 heavy (non-hydrogen) atoms. The summed E-state index contributed by atoms with van der Waals surface area (Å²) >= 11 is 25.8. The van der Waals surface area contributed by atoms with Gasteiger partial charge in [-0.1, -0.05) is 82.8 Å². The van der Waals surface area contributed by atoms with Gasteiger partial charge in [0.2, 0.25) is 5.91 Å². The molecule has 0 saturated carbocycles. The number of nitrogens with one attached hydrogen (secondary N) is 5. The van der Waals surface area contributed by atoms with E-state index in [1.165, 1.54) is 0 Å². The second kappa shape index (κ2) is 30.9. The predicted molar refractivity (Wildman–Crippen MR) is 304 cm³/mol. The Balaban J connectivity index is 0.639. The van der Waals surface area contributed by atoms with Gasteiger partial charge in [0, 0.05) is 101 Å². The summed E-state index contributed by atoms with van der Waals surface area (Å²) in [6.45, 7) is 7.85. The predicted octanol–water partition coefficient (Wildman–Crippen LogP) is 8.36. The molecule has 5 aromatic carbocycles. The van der Waals surface area contributed by atoms with Crippen LogP contribution in [0.5, 0.6) is 0 Å². The molecule has 0 saturated heterocycles. The van der Waals surface area contributed by atoms with Gasteiger partial charge in [-0.25, -0.2) is 13.7 Å². The van der Waals surface area contributed by atoms with Gasteiger partial charge in [-0.2, -0.15) is 0 Å². The first kappa shape index (κ1) is 59.6. The Morgan fingerprint density at radius 2 is 1.08 bits per heavy atom. The van der Waals surface area contributed by atoms with E-state index in [4.69, 9.17) is 65.4 Å². The van der Waals surface area contributed by atoms with Crippen LogP contribution in [0.3, 0.4) is 0 Å². The normalized spacial score (nSPS) is 16.4. The number of carbonyl (C=O) groups is 2. The summed E-state index contributed by atoms with van der Waals surface area (Å²) in [5.41, 5.74) is 8.29. The van der Waals surface area contributed by atoms with Gasteiger partial charge in [-0.15, -0.1) is 0 Å². The number of halogens is 4. The highest BCUT2D eigenvalue weighted by Crippen LogP contribution is 2.40. The molecule has 4 atom stereocenters. The fourth-order valence-electron chi connectivity index (χ4n) is 9.04. The third-order valence-corrected chi connectivity index (χ3v) is 16.4. The molecular weight excluding hydrogens is 1090 g/mol. The van der Waals surface area contributed by atoms with Gasteiger partial charge in [0.15, 0.2) is 0 Å². The first-order chi connectivity index (χ1) is 36.8. The minimum absolute atomic E-state index is 0.0834. The average Bonchev–Trinajstić information content (AvgIpc) is 3.40. The number of rotatable bonds is 29. The molecule has 3 amide bonds. The van der Waals surface area contributed by atoms with Crippen LogP contribution in [0.2, 0.25) is 20.1 Å². The van der Waals surface area contributed by atoms with Crippen molar-refractivity contribution in [2.24, 2.45) is 0 Å². The van der Waals surface area contributed by atoms with E-state index >= 15 is 0 Å². The number of hydrogen-bond acceptors (Lipinski definition) is 11. The van der Waals surface area contributed by atoms with E-state index in [0.29, 0.717) is 128 Å². The van der Waals surface area contributed by atoms with Gasteiger partial charge < -0.3 is 50.0 Å². The Labute approximate surface area is 471 Å². The van der Waals surface area contributed by atoms with Gasteiger partial charge in [0.1, 0.15) is 11.0 Å². The number of aryl methyl sites for hydroxylation is 1. The first-order valence-corrected chi connectivity index (χ1v) is 29.3. The zero-order valence-corrected chi connectivity index (χ0v) is 47.5. The number of benzene rings is 5. The largest absolute Gasteiger partial charge is 0.378 e. The van der Waals surface area contributed by atoms with Crippen LogP contribution >= 0.6 is 46.4 Å². The van der Waals surface area contributed by atoms with Crippen LogP contribution in [0.1, 0.15) is 57.2 Å². The van der Waals surface area contributed by atoms with Gasteiger partial charge in [0.05, 0.1) is 74.4 Å². The van der Waals surface area contributed by atoms with Crippen molar-refractivity contribution in [3.05, 3.63) is 156 Å². The maximum absolute atomic E-state index is 12.9. The van der Waals surface area contributed by atoms with Crippen molar-refractivity contribution in [1.82, 2.24) is 30.5 Å². The second-order valence-electron chi connectivity index (χ2n) is 18.6. The zero-order valence-electron chi connectivity index (χ0n) is 42.8. The molecule has 7 rings (SSSR count). The van der Waals surface area contributed by atoms with E-state index < -0.39 is 21.8 Å². The maximum atomic E-state index is 12.9. The van der Waals surface area contributed by atoms with Crippen LogP contribution in [0.4, 0.5) is 10.5 Å². The van der Waals surface area contributed by atoms with Crippen LogP contribution in [-0.2, 0) is 65.0 Å². The Hall–Kier alpha value is -4.02. The molecule has 0 radical (unpaired) electrons. The standard InChI is InChI=1S/C55H67Cl4N7O8S2/c1-65-33-48(46-29-41(56)31-52(58)50(46)35-65)39-6-12-44(13-7-39)75(69)37-60-17-21-71-25-26-73-23-19-62-55(68)64-43-10-3-38(4-11-43)5-16-54(67)61-18-22-72-27-28-74-24-20-63-76(70)45-14-8-40(9-15-45)49-34-66(2)36-51-47(49)30-42(57)32-53(51)59/h3-4,6-15,29-32,48-49,60,63H,5,16-28,33-37H2,1-2H3,(H,61,67)(H2,62,64,68)/t48?,49?,75?,76-/m0/s1. The van der Waals surface area contributed by atoms with Crippen molar-refractivity contribution in [2.75, 3.05) is 117 Å². The quantitative estimate of drug-likeness (QED) is 0.0292. The monoisotopic (exact) mass is 1160 g/mol. The fourth-order valence-corrected chi connectivity index (χ4v) is 11.9. The molecule has 0 aromatic heterocycles. The maximum Gasteiger partial charge on any atom is 0.319 e. The summed E-state index contributed by atoms with van der Waals surface area (Å²) in [6, 6.07) is 30.3. The summed E-state index contributed by atoms with van der Waals surface area (Å²) in [5, 5.41) is 14.2. The molecule has 0 spiro atoms. The Kier molecular flexibility index (Phi) is 24.3. The average molecular weight is 1160 g/mol. The number of nitrogens with zero attached hydrogens (tertiary/aromatic N) is 2. The molecule has 2 aliphatic heterocycles. The van der Waals surface area contributed by atoms with Crippen LogP contribution in [0.25, 0.3) is 0 Å². The molecule has 5 N–H and O–H groups in total. The van der Waals surface area contributed by atoms with Crippen molar-refractivity contribution in [1.29, 1.82) is 0 Å². The van der Waals surface area contributed by atoms with Crippen molar-refractivity contribution in [2.45, 2.75) is 47.6 Å². The van der Waals surface area contributed by atoms with Crippen molar-refractivity contribution >= 4 is 85.8 Å². The number of amides is 3. The number of hydrogen-bond donors (Lipinski definition) is 5. The zero-order chi connectivity index (χ0) is 53.8. The minimum Gasteiger partial charge on any atom is -0.378 e. The lowest BCUT2D eigenvalue weighted by atomic mass is 9.85. The molecule has 15 nitrogen and oxygen atoms in total. The van der Waals surface area contributed by atoms with E-state index in [0.717, 1.165) is 70.0 Å². The molecule has 0 aliphatic carbocycles. The number of anilines is 1. The van der Waals surface area contributed by atoms with E-state index in [9.17, 15) is 18.0 Å². The van der Waals surface area contributed by atoms with E-state index in [-0.39, 0.29) is 23.8 Å². The number of fused-ring (bicyclic) bond motifs is 2. The van der Waals surface area contributed by atoms with Gasteiger partial charge in [-0.05, 0) is 120 Å². The number of urea groups is 1. The Morgan fingerprint density at radius 3 is 1.62 bits per heavy atom. The highest BCUT2D eigenvalue weighted by atomic mass is 35.5. The van der Waals surface area contributed by atoms with Gasteiger partial charge >= 0.3 is 6.03 Å². The molecule has 0 bridgehead atoms. The molecule has 21 heteroatoms. The lowest BCUT2D eigenvalue weighted by molar-refractivity contribution is -0.121. The first-order valence-electron chi connectivity index (χ1n) is 25.3. The number of ether oxygens (including phenoxy) is 4. The number of likely N-dealkylation sites (N-methyl/N-ethyl adjacent to an activating group) is 2. The van der Waals surface area contributed by atoms with Gasteiger partial charge in [0.25, 0.3) is 0 Å². The van der Waals surface area contributed by atoms with Gasteiger partial charge in [-0.3, -0.25) is 9.00 Å². The third kappa shape index (κ3) is 18.5. The molecule has 410 valence electrons. The molecular formula is C55H67Cl4N7O8S2. The molecule has 0 fully saturated rings. The van der Waals surface area contributed by atoms with Crippen molar-refractivity contribution in [3.8, 4) is 0 Å². The van der Waals surface area contributed by atoms with Crippen LogP contribution in [0.15, 0.2) is 107 Å². The van der Waals surface area contributed by atoms with Crippen LogP contribution in [0, 0.1) is 0 Å². The summed E-state index contributed by atoms with van der Waals surface area (Å²) in [7, 11) is 1.55. The summed E-state index contributed by atoms with van der Waals surface area (Å²) in [5.74, 6) is 0.461. The fraction of sp³-hybridized carbons (Fsp3) is 0.418. The highest BCUT2D eigenvalue weighted by Gasteiger charge is 2.29. The summed E-state index contributed by atoms with van der Waals surface area (Å²) in [4.78, 5) is 30.7. The molecule has 5 aromatic rings.